The molecule has 31 heavy (non-hydrogen) atoms. The number of aromatic nitrogens is 2. The number of hydrogen-bond acceptors (Lipinski definition) is 5. The Kier molecular flexibility index (Phi) is 6.71. The number of likely N-dealkylation sites (N-methyl/N-ethyl adjacent to an activating group) is 1. The minimum atomic E-state index is -1.33. The number of para-hydroxylation sites is 1. The Hall–Kier alpha value is -3.65. The lowest BCUT2D eigenvalue weighted by Gasteiger charge is -2.31. The predicted octanol–water partition coefficient (Wildman–Crippen LogP) is 2.10. The van der Waals surface area contributed by atoms with Crippen LogP contribution in [0.3, 0.4) is 0 Å². The third-order valence-corrected chi connectivity index (χ3v) is 4.90. The fourth-order valence-electron chi connectivity index (χ4n) is 3.23. The van der Waals surface area contributed by atoms with E-state index in [2.05, 4.69) is 10.4 Å². The number of carbonyl (C=O) groups is 2. The Morgan fingerprint density at radius 3 is 2.35 bits per heavy atom. The quantitative estimate of drug-likeness (QED) is 0.515. The molecule has 3 aromatic rings. The highest BCUT2D eigenvalue weighted by molar-refractivity contribution is 5.98. The largest absolute Gasteiger partial charge is 0.386 e. The second-order valence-corrected chi connectivity index (χ2v) is 7.56. The molecule has 0 fully saturated rings. The van der Waals surface area contributed by atoms with E-state index >= 15 is 0 Å². The van der Waals surface area contributed by atoms with Crippen LogP contribution in [-0.2, 0) is 0 Å². The fraction of sp³-hybridized carbons (Fsp3) is 0.261. The van der Waals surface area contributed by atoms with Gasteiger partial charge in [0.1, 0.15) is 11.4 Å². The van der Waals surface area contributed by atoms with Crippen LogP contribution in [0.25, 0.3) is 5.69 Å². The van der Waals surface area contributed by atoms with E-state index in [1.807, 2.05) is 43.3 Å². The highest BCUT2D eigenvalue weighted by atomic mass is 16.3. The molecule has 0 saturated carbocycles. The van der Waals surface area contributed by atoms with Crippen LogP contribution in [0, 0.1) is 0 Å². The van der Waals surface area contributed by atoms with Crippen molar-refractivity contribution in [1.29, 1.82) is 0 Å². The summed E-state index contributed by atoms with van der Waals surface area (Å²) < 4.78 is 1.48. The Balaban J connectivity index is 1.64. The first-order valence-electron chi connectivity index (χ1n) is 10.1. The van der Waals surface area contributed by atoms with Crippen LogP contribution < -0.4 is 11.1 Å². The normalized spacial score (nSPS) is 12.7. The molecule has 0 aliphatic heterocycles. The first-order chi connectivity index (χ1) is 14.8. The lowest BCUT2D eigenvalue weighted by molar-refractivity contribution is 0.0195. The lowest BCUT2D eigenvalue weighted by Crippen LogP contribution is -2.50. The monoisotopic (exact) mass is 421 g/mol. The van der Waals surface area contributed by atoms with Gasteiger partial charge >= 0.3 is 0 Å². The zero-order valence-electron chi connectivity index (χ0n) is 17.7. The number of nitrogen functional groups attached to an aromatic ring is 1. The van der Waals surface area contributed by atoms with Gasteiger partial charge in [0.05, 0.1) is 24.0 Å². The summed E-state index contributed by atoms with van der Waals surface area (Å²) in [5.74, 6) is -0.418. The number of nitrogens with two attached hydrogens (primary N) is 1. The molecule has 0 bridgehead atoms. The SMILES string of the molecule is CCN(CC(C)(O)CNC(=O)c1cnn(-c2ccccc2)c1N)C(=O)c1ccccc1. The predicted molar refractivity (Wildman–Crippen MR) is 119 cm³/mol. The maximum Gasteiger partial charge on any atom is 0.256 e. The summed E-state index contributed by atoms with van der Waals surface area (Å²) in [6.45, 7) is 3.85. The molecular formula is C23H27N5O3. The molecule has 2 amide bonds. The fourth-order valence-corrected chi connectivity index (χ4v) is 3.23. The van der Waals surface area contributed by atoms with E-state index in [0.29, 0.717) is 12.1 Å². The summed E-state index contributed by atoms with van der Waals surface area (Å²) in [5.41, 5.74) is 6.27. The first kappa shape index (κ1) is 22.0. The summed E-state index contributed by atoms with van der Waals surface area (Å²) in [6, 6.07) is 18.1. The number of nitrogens with zero attached hydrogens (tertiary/aromatic N) is 3. The van der Waals surface area contributed by atoms with Crippen molar-refractivity contribution in [2.45, 2.75) is 19.4 Å². The van der Waals surface area contributed by atoms with Gasteiger partial charge in [0.15, 0.2) is 0 Å². The number of carbonyl (C=O) groups excluding carboxylic acids is 2. The Labute approximate surface area is 181 Å². The number of nitrogens with one attached hydrogen (secondary N) is 1. The number of benzene rings is 2. The van der Waals surface area contributed by atoms with Crippen molar-refractivity contribution < 1.29 is 14.7 Å². The van der Waals surface area contributed by atoms with Crippen molar-refractivity contribution in [2.24, 2.45) is 0 Å². The smallest absolute Gasteiger partial charge is 0.256 e. The summed E-state index contributed by atoms with van der Waals surface area (Å²) in [4.78, 5) is 26.9. The van der Waals surface area contributed by atoms with Crippen LogP contribution in [-0.4, -0.2) is 56.8 Å². The highest BCUT2D eigenvalue weighted by Crippen LogP contribution is 2.17. The second kappa shape index (κ2) is 9.44. The summed E-state index contributed by atoms with van der Waals surface area (Å²) in [7, 11) is 0. The van der Waals surface area contributed by atoms with E-state index in [-0.39, 0.29) is 30.4 Å². The van der Waals surface area contributed by atoms with Crippen LogP contribution in [0.15, 0.2) is 66.9 Å². The van der Waals surface area contributed by atoms with E-state index in [0.717, 1.165) is 5.69 Å². The van der Waals surface area contributed by atoms with Gasteiger partial charge in [-0.05, 0) is 38.1 Å². The van der Waals surface area contributed by atoms with E-state index < -0.39 is 11.5 Å². The number of aliphatic hydroxyl groups is 1. The van der Waals surface area contributed by atoms with Crippen molar-refractivity contribution in [3.05, 3.63) is 78.0 Å². The summed E-state index contributed by atoms with van der Waals surface area (Å²) in [5, 5.41) is 17.7. The topological polar surface area (TPSA) is 113 Å². The van der Waals surface area contributed by atoms with E-state index in [1.165, 1.54) is 10.9 Å². The average molecular weight is 422 g/mol. The molecule has 0 aliphatic carbocycles. The lowest BCUT2D eigenvalue weighted by atomic mass is 10.1. The Bertz CT molecular complexity index is 1030. The van der Waals surface area contributed by atoms with Crippen molar-refractivity contribution >= 4 is 17.6 Å². The van der Waals surface area contributed by atoms with Crippen molar-refractivity contribution in [3.8, 4) is 5.69 Å². The van der Waals surface area contributed by atoms with E-state index in [4.69, 9.17) is 5.73 Å². The van der Waals surface area contributed by atoms with Crippen molar-refractivity contribution in [1.82, 2.24) is 20.0 Å². The van der Waals surface area contributed by atoms with Gasteiger partial charge in [0.25, 0.3) is 11.8 Å². The molecule has 1 heterocycles. The molecule has 1 unspecified atom stereocenters. The van der Waals surface area contributed by atoms with Gasteiger partial charge < -0.3 is 21.1 Å². The van der Waals surface area contributed by atoms with Crippen LogP contribution in [0.5, 0.6) is 0 Å². The van der Waals surface area contributed by atoms with Crippen LogP contribution >= 0.6 is 0 Å². The zero-order chi connectivity index (χ0) is 22.4. The van der Waals surface area contributed by atoms with Gasteiger partial charge in [-0.25, -0.2) is 4.68 Å². The third kappa shape index (κ3) is 5.29. The molecule has 162 valence electrons. The maximum absolute atomic E-state index is 12.7. The molecule has 4 N–H and O–H groups in total. The molecule has 0 saturated heterocycles. The second-order valence-electron chi connectivity index (χ2n) is 7.56. The van der Waals surface area contributed by atoms with Crippen LogP contribution in [0.4, 0.5) is 5.82 Å². The number of hydrogen-bond donors (Lipinski definition) is 3. The molecule has 3 rings (SSSR count). The maximum atomic E-state index is 12.7. The Morgan fingerprint density at radius 1 is 1.13 bits per heavy atom. The van der Waals surface area contributed by atoms with Gasteiger partial charge in [0, 0.05) is 18.7 Å². The third-order valence-electron chi connectivity index (χ3n) is 4.90. The van der Waals surface area contributed by atoms with Gasteiger partial charge in [0.2, 0.25) is 0 Å². The van der Waals surface area contributed by atoms with Gasteiger partial charge in [-0.15, -0.1) is 0 Å². The number of amides is 2. The van der Waals surface area contributed by atoms with Crippen molar-refractivity contribution in [2.75, 3.05) is 25.4 Å². The molecule has 8 nitrogen and oxygen atoms in total. The molecular weight excluding hydrogens is 394 g/mol. The minimum absolute atomic E-state index is 0.0552. The molecule has 2 aromatic carbocycles. The summed E-state index contributed by atoms with van der Waals surface area (Å²) in [6.07, 6.45) is 1.39. The minimum Gasteiger partial charge on any atom is -0.386 e. The van der Waals surface area contributed by atoms with E-state index in [9.17, 15) is 14.7 Å². The van der Waals surface area contributed by atoms with Crippen molar-refractivity contribution in [3.63, 3.8) is 0 Å². The van der Waals surface area contributed by atoms with Gasteiger partial charge in [-0.1, -0.05) is 36.4 Å². The molecule has 8 heteroatoms. The molecule has 0 spiro atoms. The Morgan fingerprint density at radius 2 is 1.74 bits per heavy atom. The average Bonchev–Trinajstić information content (AvgIpc) is 3.18. The molecule has 1 aromatic heterocycles. The van der Waals surface area contributed by atoms with Crippen LogP contribution in [0.2, 0.25) is 0 Å². The number of anilines is 1. The molecule has 0 radical (unpaired) electrons. The van der Waals surface area contributed by atoms with Crippen LogP contribution in [0.1, 0.15) is 34.6 Å². The summed E-state index contributed by atoms with van der Waals surface area (Å²) >= 11 is 0. The van der Waals surface area contributed by atoms with E-state index in [1.54, 1.807) is 36.1 Å². The molecule has 0 aliphatic rings. The molecule has 1 atom stereocenters. The zero-order valence-corrected chi connectivity index (χ0v) is 17.7. The van der Waals surface area contributed by atoms with Gasteiger partial charge in [-0.3, -0.25) is 9.59 Å². The standard InChI is InChI=1S/C23H27N5O3/c1-3-27(22(30)17-10-6-4-7-11-17)16-23(2,31)15-25-21(29)19-14-26-28(20(19)24)18-12-8-5-9-13-18/h4-14,31H,3,15-16,24H2,1-2H3,(H,25,29). The van der Waals surface area contributed by atoms with Gasteiger partial charge in [-0.2, -0.15) is 5.10 Å². The number of rotatable bonds is 8. The highest BCUT2D eigenvalue weighted by Gasteiger charge is 2.28. The first-order valence-corrected chi connectivity index (χ1v) is 10.1.